The topological polar surface area (TPSA) is 80.4 Å². The maximum atomic E-state index is 5.94. The molecule has 0 aliphatic carbocycles. The Bertz CT molecular complexity index is 1490. The van der Waals surface area contributed by atoms with Crippen LogP contribution in [0, 0.1) is 0 Å². The Hall–Kier alpha value is -3.50. The monoisotopic (exact) mass is 573 g/mol. The van der Waals surface area contributed by atoms with E-state index in [1.165, 1.54) is 12.0 Å². The molecule has 8 rings (SSSR count). The number of aromatic nitrogens is 4. The summed E-state index contributed by atoms with van der Waals surface area (Å²) in [6.07, 6.45) is 9.01. The molecule has 0 spiro atoms. The molecule has 2 atom stereocenters. The molecule has 2 bridgehead atoms. The number of alkyl halides is 1. The average Bonchev–Trinajstić information content (AvgIpc) is 3.56. The quantitative estimate of drug-likeness (QED) is 0.295. The van der Waals surface area contributed by atoms with Gasteiger partial charge in [-0.1, -0.05) is 22.0 Å². The minimum absolute atomic E-state index is 0.536. The Kier molecular flexibility index (Phi) is 6.01. The van der Waals surface area contributed by atoms with Gasteiger partial charge in [0.1, 0.15) is 11.6 Å². The minimum atomic E-state index is 0.536. The van der Waals surface area contributed by atoms with E-state index in [9.17, 15) is 0 Å². The Balaban J connectivity index is 1.10. The van der Waals surface area contributed by atoms with E-state index in [1.54, 1.807) is 7.11 Å². The summed E-state index contributed by atoms with van der Waals surface area (Å²) in [4.78, 5) is 18.7. The highest BCUT2D eigenvalue weighted by Crippen LogP contribution is 2.37. The Labute approximate surface area is 229 Å². The van der Waals surface area contributed by atoms with Crippen LogP contribution in [0.2, 0.25) is 0 Å². The Morgan fingerprint density at radius 2 is 1.97 bits per heavy atom. The third-order valence-corrected chi connectivity index (χ3v) is 8.05. The van der Waals surface area contributed by atoms with Crippen molar-refractivity contribution in [2.75, 3.05) is 37.0 Å². The van der Waals surface area contributed by atoms with Crippen LogP contribution in [0.4, 0.5) is 5.82 Å². The highest BCUT2D eigenvalue weighted by molar-refractivity contribution is 9.09. The van der Waals surface area contributed by atoms with Gasteiger partial charge in [0, 0.05) is 78.4 Å². The second kappa shape index (κ2) is 9.67. The summed E-state index contributed by atoms with van der Waals surface area (Å²) >= 11 is 3.44. The van der Waals surface area contributed by atoms with Gasteiger partial charge in [-0.15, -0.1) is 0 Å². The normalized spacial score (nSPS) is 20.0. The number of fused-ring (bicyclic) bond motifs is 5. The minimum Gasteiger partial charge on any atom is -0.491 e. The van der Waals surface area contributed by atoms with Crippen molar-refractivity contribution in [1.29, 1.82) is 0 Å². The van der Waals surface area contributed by atoms with Crippen molar-refractivity contribution < 1.29 is 9.47 Å². The Morgan fingerprint density at radius 3 is 2.71 bits per heavy atom. The number of hydrogen-bond acceptors (Lipinski definition) is 8. The van der Waals surface area contributed by atoms with Crippen molar-refractivity contribution in [2.24, 2.45) is 4.99 Å². The number of anilines is 1. The number of piperazine rings is 1. The largest absolute Gasteiger partial charge is 0.491 e. The van der Waals surface area contributed by atoms with E-state index in [0.29, 0.717) is 31.1 Å². The zero-order chi connectivity index (χ0) is 25.6. The van der Waals surface area contributed by atoms with Crippen LogP contribution in [0.1, 0.15) is 23.2 Å². The van der Waals surface area contributed by atoms with E-state index in [0.717, 1.165) is 64.4 Å². The van der Waals surface area contributed by atoms with Crippen molar-refractivity contribution in [1.82, 2.24) is 24.5 Å². The van der Waals surface area contributed by atoms with Crippen LogP contribution in [0.3, 0.4) is 0 Å². The molecular formula is C28H28BrN7O2. The first-order valence-corrected chi connectivity index (χ1v) is 14.0. The molecule has 10 heteroatoms. The highest BCUT2D eigenvalue weighted by atomic mass is 79.9. The highest BCUT2D eigenvalue weighted by Gasteiger charge is 2.44. The van der Waals surface area contributed by atoms with E-state index in [-0.39, 0.29) is 0 Å². The van der Waals surface area contributed by atoms with Crippen LogP contribution in [0.15, 0.2) is 53.9 Å². The molecule has 0 amide bonds. The lowest BCUT2D eigenvalue weighted by Crippen LogP contribution is -2.68. The molecule has 0 aromatic carbocycles. The number of pyridine rings is 3. The van der Waals surface area contributed by atoms with E-state index >= 15 is 0 Å². The number of rotatable bonds is 8. The molecule has 3 saturated heterocycles. The van der Waals surface area contributed by atoms with Crippen LogP contribution in [-0.2, 0) is 13.1 Å². The third kappa shape index (κ3) is 4.12. The zero-order valence-corrected chi connectivity index (χ0v) is 22.7. The van der Waals surface area contributed by atoms with Crippen LogP contribution < -0.4 is 14.4 Å². The molecule has 9 nitrogen and oxygen atoms in total. The average molecular weight is 574 g/mol. The van der Waals surface area contributed by atoms with Crippen LogP contribution in [-0.4, -0.2) is 74.9 Å². The van der Waals surface area contributed by atoms with E-state index < -0.39 is 0 Å². The molecule has 3 fully saturated rings. The summed E-state index contributed by atoms with van der Waals surface area (Å²) in [6, 6.07) is 11.5. The van der Waals surface area contributed by atoms with Crippen molar-refractivity contribution in [2.45, 2.75) is 31.6 Å². The number of ether oxygens (including phenoxy) is 2. The SMILES string of the molecule is COc1ccc(CN2C3CC2CN(c2ccc(-c4cc(OCCBr)cn5nc6c(c45)C=NC6)cn2)C3)cn1. The van der Waals surface area contributed by atoms with Crippen LogP contribution in [0.25, 0.3) is 16.6 Å². The summed E-state index contributed by atoms with van der Waals surface area (Å²) in [5.41, 5.74) is 6.45. The molecule has 4 aromatic heterocycles. The summed E-state index contributed by atoms with van der Waals surface area (Å²) < 4.78 is 13.1. The first-order valence-electron chi connectivity index (χ1n) is 12.9. The molecule has 38 heavy (non-hydrogen) atoms. The molecule has 2 unspecified atom stereocenters. The van der Waals surface area contributed by atoms with Crippen molar-refractivity contribution >= 4 is 33.5 Å². The Morgan fingerprint density at radius 1 is 1.08 bits per heavy atom. The van der Waals surface area contributed by atoms with Crippen LogP contribution >= 0.6 is 15.9 Å². The molecule has 0 saturated carbocycles. The van der Waals surface area contributed by atoms with Gasteiger partial charge in [0.15, 0.2) is 0 Å². The number of methoxy groups -OCH3 is 1. The molecule has 8 heterocycles. The molecule has 0 N–H and O–H groups in total. The molecule has 194 valence electrons. The molecule has 4 aliphatic heterocycles. The lowest BCUT2D eigenvalue weighted by molar-refractivity contribution is -0.00876. The maximum absolute atomic E-state index is 5.94. The summed E-state index contributed by atoms with van der Waals surface area (Å²) in [6.45, 7) is 4.11. The predicted octanol–water partition coefficient (Wildman–Crippen LogP) is 3.97. The number of halogens is 1. The van der Waals surface area contributed by atoms with E-state index in [2.05, 4.69) is 60.0 Å². The number of aliphatic imine (C=N–C) groups is 1. The summed E-state index contributed by atoms with van der Waals surface area (Å²) in [5, 5.41) is 5.52. The van der Waals surface area contributed by atoms with Gasteiger partial charge in [-0.25, -0.2) is 14.5 Å². The van der Waals surface area contributed by atoms with Gasteiger partial charge in [-0.2, -0.15) is 5.10 Å². The molecule has 4 aromatic rings. The van der Waals surface area contributed by atoms with Gasteiger partial charge in [0.25, 0.3) is 0 Å². The van der Waals surface area contributed by atoms with Crippen molar-refractivity contribution in [3.63, 3.8) is 0 Å². The third-order valence-electron chi connectivity index (χ3n) is 7.72. The van der Waals surface area contributed by atoms with Gasteiger partial charge >= 0.3 is 0 Å². The lowest BCUT2D eigenvalue weighted by atomic mass is 9.87. The fraction of sp³-hybridized carbons (Fsp3) is 0.357. The molecular weight excluding hydrogens is 546 g/mol. The first-order chi connectivity index (χ1) is 18.7. The lowest BCUT2D eigenvalue weighted by Gasteiger charge is -2.56. The second-order valence-electron chi connectivity index (χ2n) is 9.98. The smallest absolute Gasteiger partial charge is 0.212 e. The molecule has 4 aliphatic rings. The van der Waals surface area contributed by atoms with E-state index in [4.69, 9.17) is 19.6 Å². The summed E-state index contributed by atoms with van der Waals surface area (Å²) in [7, 11) is 1.65. The predicted molar refractivity (Wildman–Crippen MR) is 150 cm³/mol. The number of piperidine rings is 1. The summed E-state index contributed by atoms with van der Waals surface area (Å²) in [5.74, 6) is 2.47. The standard InChI is InChI=1S/C28H28BrN7O2/c1-37-27-5-2-18(10-32-27)14-35-20-8-21(35)16-34(15-20)26-4-3-19(11-31-26)23-9-22(38-7-6-29)17-36-28(23)24-12-30-13-25(24)33-36/h2-5,9-12,17,20-21H,6-8,13-16H2,1H3. The maximum Gasteiger partial charge on any atom is 0.212 e. The molecule has 0 radical (unpaired) electrons. The number of nitrogens with zero attached hydrogens (tertiary/aromatic N) is 7. The van der Waals surface area contributed by atoms with Gasteiger partial charge in [0.2, 0.25) is 5.88 Å². The van der Waals surface area contributed by atoms with Crippen LogP contribution in [0.5, 0.6) is 11.6 Å². The first kappa shape index (κ1) is 23.6. The van der Waals surface area contributed by atoms with Gasteiger partial charge < -0.3 is 14.4 Å². The van der Waals surface area contributed by atoms with Gasteiger partial charge in [-0.05, 0) is 30.2 Å². The van der Waals surface area contributed by atoms with E-state index in [1.807, 2.05) is 35.4 Å². The fourth-order valence-electron chi connectivity index (χ4n) is 5.86. The zero-order valence-electron chi connectivity index (χ0n) is 21.1. The van der Waals surface area contributed by atoms with Crippen molar-refractivity contribution in [3.8, 4) is 22.8 Å². The number of hydrogen-bond donors (Lipinski definition) is 0. The van der Waals surface area contributed by atoms with Gasteiger partial charge in [0.05, 0.1) is 37.7 Å². The van der Waals surface area contributed by atoms with Crippen molar-refractivity contribution in [3.05, 3.63) is 65.7 Å². The second-order valence-corrected chi connectivity index (χ2v) is 10.8. The fourth-order valence-corrected chi connectivity index (χ4v) is 6.02. The van der Waals surface area contributed by atoms with Gasteiger partial charge in [-0.3, -0.25) is 9.89 Å².